The van der Waals surface area contributed by atoms with Gasteiger partial charge in [0.15, 0.2) is 0 Å². The molecule has 0 saturated carbocycles. The van der Waals surface area contributed by atoms with E-state index < -0.39 is 5.91 Å². The highest BCUT2D eigenvalue weighted by Crippen LogP contribution is 2.27. The van der Waals surface area contributed by atoms with E-state index in [1.807, 2.05) is 6.07 Å². The Hall–Kier alpha value is -4.75. The van der Waals surface area contributed by atoms with E-state index in [0.29, 0.717) is 28.6 Å². The standard InChI is InChI=1S/C25H18N4O3/c1-17-23(22(15-27)25(32-17)29-10-2-3-11-29)24(30)28-20-8-5-9-21(13-20)31-16-19-7-4-6-18(12-19)14-26/h2-13H,16H2,1H3,(H,28,30). The minimum absolute atomic E-state index is 0.168. The normalized spacial score (nSPS) is 10.2. The average Bonchev–Trinajstić information content (AvgIpc) is 3.45. The summed E-state index contributed by atoms with van der Waals surface area (Å²) in [5.74, 6) is 0.770. The molecule has 2 heterocycles. The van der Waals surface area contributed by atoms with Gasteiger partial charge >= 0.3 is 0 Å². The van der Waals surface area contributed by atoms with Crippen LogP contribution in [-0.4, -0.2) is 10.5 Å². The van der Waals surface area contributed by atoms with Crippen LogP contribution in [0.15, 0.2) is 77.5 Å². The van der Waals surface area contributed by atoms with Crippen molar-refractivity contribution in [2.45, 2.75) is 13.5 Å². The number of furan rings is 1. The van der Waals surface area contributed by atoms with E-state index in [9.17, 15) is 10.1 Å². The average molecular weight is 422 g/mol. The lowest BCUT2D eigenvalue weighted by atomic mass is 10.1. The molecule has 7 nitrogen and oxygen atoms in total. The molecule has 0 radical (unpaired) electrons. The number of amides is 1. The van der Waals surface area contributed by atoms with Gasteiger partial charge in [0, 0.05) is 24.1 Å². The van der Waals surface area contributed by atoms with Gasteiger partial charge in [0.25, 0.3) is 5.91 Å². The third-order valence-electron chi connectivity index (χ3n) is 4.80. The highest BCUT2D eigenvalue weighted by molar-refractivity contribution is 6.07. The summed E-state index contributed by atoms with van der Waals surface area (Å²) in [4.78, 5) is 13.0. The van der Waals surface area contributed by atoms with Gasteiger partial charge in [0.1, 0.15) is 35.3 Å². The molecule has 2 aromatic heterocycles. The Balaban J connectivity index is 1.51. The summed E-state index contributed by atoms with van der Waals surface area (Å²) in [5.41, 5.74) is 2.31. The molecular formula is C25H18N4O3. The third kappa shape index (κ3) is 4.23. The number of nitrogens with one attached hydrogen (secondary N) is 1. The lowest BCUT2D eigenvalue weighted by Gasteiger charge is -2.09. The minimum atomic E-state index is -0.444. The summed E-state index contributed by atoms with van der Waals surface area (Å²) in [6.45, 7) is 1.93. The van der Waals surface area contributed by atoms with Gasteiger partial charge in [-0.05, 0) is 48.9 Å². The van der Waals surface area contributed by atoms with Crippen molar-refractivity contribution in [1.82, 2.24) is 4.57 Å². The molecule has 0 fully saturated rings. The molecule has 0 aliphatic heterocycles. The van der Waals surface area contributed by atoms with Crippen molar-refractivity contribution < 1.29 is 13.9 Å². The first-order valence-corrected chi connectivity index (χ1v) is 9.79. The molecule has 0 aliphatic carbocycles. The molecule has 0 unspecified atom stereocenters. The van der Waals surface area contributed by atoms with Gasteiger partial charge in [-0.15, -0.1) is 0 Å². The zero-order chi connectivity index (χ0) is 22.5. The van der Waals surface area contributed by atoms with Gasteiger partial charge < -0.3 is 14.5 Å². The van der Waals surface area contributed by atoms with E-state index in [-0.39, 0.29) is 17.7 Å². The van der Waals surface area contributed by atoms with Crippen molar-refractivity contribution in [3.05, 3.63) is 101 Å². The van der Waals surface area contributed by atoms with E-state index in [1.54, 1.807) is 78.5 Å². The fourth-order valence-electron chi connectivity index (χ4n) is 3.31. The van der Waals surface area contributed by atoms with Crippen LogP contribution in [0, 0.1) is 29.6 Å². The number of aromatic nitrogens is 1. The van der Waals surface area contributed by atoms with Gasteiger partial charge in [-0.3, -0.25) is 9.36 Å². The molecule has 1 N–H and O–H groups in total. The summed E-state index contributed by atoms with van der Waals surface area (Å²) in [5, 5.41) is 21.5. The number of rotatable bonds is 6. The number of nitriles is 2. The predicted octanol–water partition coefficient (Wildman–Crippen LogP) is 4.95. The maximum absolute atomic E-state index is 13.0. The number of benzene rings is 2. The smallest absolute Gasteiger partial charge is 0.260 e. The van der Waals surface area contributed by atoms with Gasteiger partial charge in [0.05, 0.1) is 11.6 Å². The van der Waals surface area contributed by atoms with Crippen LogP contribution in [0.2, 0.25) is 0 Å². The Kier molecular flexibility index (Phi) is 5.74. The zero-order valence-electron chi connectivity index (χ0n) is 17.2. The van der Waals surface area contributed by atoms with Gasteiger partial charge in [0.2, 0.25) is 5.88 Å². The quantitative estimate of drug-likeness (QED) is 0.473. The van der Waals surface area contributed by atoms with Crippen molar-refractivity contribution in [1.29, 1.82) is 10.5 Å². The van der Waals surface area contributed by atoms with Crippen molar-refractivity contribution in [2.75, 3.05) is 5.32 Å². The molecule has 32 heavy (non-hydrogen) atoms. The lowest BCUT2D eigenvalue weighted by molar-refractivity contribution is 0.102. The van der Waals surface area contributed by atoms with Crippen LogP contribution in [0.4, 0.5) is 5.69 Å². The fourth-order valence-corrected chi connectivity index (χ4v) is 3.31. The summed E-state index contributed by atoms with van der Waals surface area (Å²) in [6.07, 6.45) is 3.49. The molecule has 0 bridgehead atoms. The van der Waals surface area contributed by atoms with Crippen LogP contribution >= 0.6 is 0 Å². The number of carbonyl (C=O) groups is 1. The molecule has 2 aromatic carbocycles. The largest absolute Gasteiger partial charge is 0.489 e. The number of aryl methyl sites for hydroxylation is 1. The van der Waals surface area contributed by atoms with Crippen LogP contribution in [0.5, 0.6) is 5.75 Å². The number of anilines is 1. The van der Waals surface area contributed by atoms with Gasteiger partial charge in [-0.25, -0.2) is 0 Å². The second-order valence-corrected chi connectivity index (χ2v) is 7.00. The van der Waals surface area contributed by atoms with Gasteiger partial charge in [-0.2, -0.15) is 10.5 Å². The van der Waals surface area contributed by atoms with Crippen LogP contribution < -0.4 is 10.1 Å². The molecule has 0 spiro atoms. The molecular weight excluding hydrogens is 404 g/mol. The Labute approximate surface area is 184 Å². The summed E-state index contributed by atoms with van der Waals surface area (Å²) < 4.78 is 13.2. The highest BCUT2D eigenvalue weighted by Gasteiger charge is 2.24. The Bertz CT molecular complexity index is 1350. The Morgan fingerprint density at radius 1 is 1.06 bits per heavy atom. The third-order valence-corrected chi connectivity index (χ3v) is 4.80. The predicted molar refractivity (Wildman–Crippen MR) is 117 cm³/mol. The molecule has 0 atom stereocenters. The van der Waals surface area contributed by atoms with Crippen molar-refractivity contribution in [3.63, 3.8) is 0 Å². The fraction of sp³-hybridized carbons (Fsp3) is 0.0800. The van der Waals surface area contributed by atoms with Crippen molar-refractivity contribution in [2.24, 2.45) is 0 Å². The topological polar surface area (TPSA) is 104 Å². The molecule has 7 heteroatoms. The second-order valence-electron chi connectivity index (χ2n) is 7.00. The molecule has 1 amide bonds. The maximum atomic E-state index is 13.0. The number of nitrogens with zero attached hydrogens (tertiary/aromatic N) is 3. The monoisotopic (exact) mass is 422 g/mol. The van der Waals surface area contributed by atoms with E-state index in [1.165, 1.54) is 0 Å². The molecule has 156 valence electrons. The van der Waals surface area contributed by atoms with Crippen molar-refractivity contribution in [3.8, 4) is 23.8 Å². The number of hydrogen-bond acceptors (Lipinski definition) is 5. The van der Waals surface area contributed by atoms with E-state index >= 15 is 0 Å². The first-order valence-electron chi connectivity index (χ1n) is 9.79. The molecule has 0 aliphatic rings. The number of carbonyl (C=O) groups excluding carboxylic acids is 1. The lowest BCUT2D eigenvalue weighted by Crippen LogP contribution is -2.14. The second kappa shape index (κ2) is 8.95. The maximum Gasteiger partial charge on any atom is 0.260 e. The molecule has 4 aromatic rings. The summed E-state index contributed by atoms with van der Waals surface area (Å²) in [7, 11) is 0. The van der Waals surface area contributed by atoms with E-state index in [2.05, 4.69) is 17.5 Å². The molecule has 4 rings (SSSR count). The van der Waals surface area contributed by atoms with Crippen LogP contribution in [0.3, 0.4) is 0 Å². The van der Waals surface area contributed by atoms with E-state index in [4.69, 9.17) is 14.4 Å². The Morgan fingerprint density at radius 3 is 2.59 bits per heavy atom. The van der Waals surface area contributed by atoms with Crippen molar-refractivity contribution >= 4 is 11.6 Å². The first-order chi connectivity index (χ1) is 15.6. The zero-order valence-corrected chi connectivity index (χ0v) is 17.2. The van der Waals surface area contributed by atoms with Crippen LogP contribution in [-0.2, 0) is 6.61 Å². The van der Waals surface area contributed by atoms with Crippen LogP contribution in [0.1, 0.15) is 32.8 Å². The summed E-state index contributed by atoms with van der Waals surface area (Å²) in [6, 6.07) is 21.9. The van der Waals surface area contributed by atoms with Gasteiger partial charge in [-0.1, -0.05) is 18.2 Å². The number of ether oxygens (including phenoxy) is 1. The minimum Gasteiger partial charge on any atom is -0.489 e. The highest BCUT2D eigenvalue weighted by atomic mass is 16.5. The van der Waals surface area contributed by atoms with Crippen LogP contribution in [0.25, 0.3) is 5.88 Å². The SMILES string of the molecule is Cc1oc(-n2cccc2)c(C#N)c1C(=O)Nc1cccc(OCc2cccc(C#N)c2)c1. The van der Waals surface area contributed by atoms with E-state index in [0.717, 1.165) is 5.56 Å². The summed E-state index contributed by atoms with van der Waals surface area (Å²) >= 11 is 0. The first kappa shape index (κ1) is 20.5. The Morgan fingerprint density at radius 2 is 1.84 bits per heavy atom. The molecule has 0 saturated heterocycles. The number of hydrogen-bond donors (Lipinski definition) is 1.